The minimum Gasteiger partial charge on any atom is -0.265 e. The van der Waals surface area contributed by atoms with Crippen molar-refractivity contribution in [2.45, 2.75) is 31.6 Å². The van der Waals surface area contributed by atoms with Crippen LogP contribution < -0.4 is 0 Å². The molecule has 1 heterocycles. The first-order valence-electron chi connectivity index (χ1n) is 8.33. The number of rotatable bonds is 6. The highest BCUT2D eigenvalue weighted by molar-refractivity contribution is 5.27. The molecule has 0 saturated heterocycles. The lowest BCUT2D eigenvalue weighted by Crippen LogP contribution is -2.10. The average Bonchev–Trinajstić information content (AvgIpc) is 2.64. The summed E-state index contributed by atoms with van der Waals surface area (Å²) in [6.07, 6.45) is 6.06. The average molecular weight is 301 g/mol. The Labute approximate surface area is 139 Å². The summed E-state index contributed by atoms with van der Waals surface area (Å²) < 4.78 is 0. The van der Waals surface area contributed by atoms with Crippen LogP contribution in [0.1, 0.15) is 41.9 Å². The van der Waals surface area contributed by atoms with Crippen LogP contribution in [0.25, 0.3) is 0 Å². The molecule has 1 heteroatoms. The first-order chi connectivity index (χ1) is 11.3. The van der Waals surface area contributed by atoms with Gasteiger partial charge in [-0.2, -0.15) is 0 Å². The molecule has 2 atom stereocenters. The first kappa shape index (κ1) is 15.5. The van der Waals surface area contributed by atoms with Gasteiger partial charge in [0, 0.05) is 12.4 Å². The van der Waals surface area contributed by atoms with Crippen molar-refractivity contribution in [3.8, 4) is 0 Å². The van der Waals surface area contributed by atoms with Gasteiger partial charge >= 0.3 is 0 Å². The van der Waals surface area contributed by atoms with Crippen molar-refractivity contribution in [1.82, 2.24) is 4.98 Å². The van der Waals surface area contributed by atoms with Gasteiger partial charge in [0.2, 0.25) is 0 Å². The smallest absolute Gasteiger partial charge is 0.0270 e. The molecule has 0 N–H and O–H groups in total. The number of hydrogen-bond acceptors (Lipinski definition) is 1. The molecule has 0 spiro atoms. The molecule has 3 aromatic rings. The van der Waals surface area contributed by atoms with Gasteiger partial charge in [0.1, 0.15) is 0 Å². The summed E-state index contributed by atoms with van der Waals surface area (Å²) in [5, 5.41) is 0. The van der Waals surface area contributed by atoms with Gasteiger partial charge < -0.3 is 0 Å². The molecule has 116 valence electrons. The molecule has 0 radical (unpaired) electrons. The molecular weight excluding hydrogens is 278 g/mol. The highest BCUT2D eigenvalue weighted by Crippen LogP contribution is 2.36. The topological polar surface area (TPSA) is 12.9 Å². The Morgan fingerprint density at radius 3 is 2.00 bits per heavy atom. The highest BCUT2D eigenvalue weighted by Gasteiger charge is 2.20. The van der Waals surface area contributed by atoms with E-state index in [9.17, 15) is 0 Å². The van der Waals surface area contributed by atoms with Crippen LogP contribution in [0.5, 0.6) is 0 Å². The van der Waals surface area contributed by atoms with Gasteiger partial charge in [-0.3, -0.25) is 4.98 Å². The second-order valence-electron chi connectivity index (χ2n) is 6.11. The third-order valence-electron chi connectivity index (χ3n) is 4.65. The van der Waals surface area contributed by atoms with E-state index in [1.165, 1.54) is 16.7 Å². The van der Waals surface area contributed by atoms with Crippen LogP contribution in [-0.4, -0.2) is 4.98 Å². The molecule has 2 aromatic carbocycles. The minimum absolute atomic E-state index is 0.488. The minimum atomic E-state index is 0.488. The lowest BCUT2D eigenvalue weighted by Gasteiger charge is -2.25. The Morgan fingerprint density at radius 1 is 0.739 bits per heavy atom. The van der Waals surface area contributed by atoms with E-state index in [1.54, 1.807) is 0 Å². The van der Waals surface area contributed by atoms with Crippen LogP contribution in [0.2, 0.25) is 0 Å². The van der Waals surface area contributed by atoms with Crippen molar-refractivity contribution in [3.63, 3.8) is 0 Å². The largest absolute Gasteiger partial charge is 0.265 e. The number of aryl methyl sites for hydroxylation is 1. The van der Waals surface area contributed by atoms with E-state index in [-0.39, 0.29) is 0 Å². The zero-order valence-electron chi connectivity index (χ0n) is 13.6. The number of hydrogen-bond donors (Lipinski definition) is 0. The van der Waals surface area contributed by atoms with E-state index >= 15 is 0 Å². The van der Waals surface area contributed by atoms with Crippen molar-refractivity contribution >= 4 is 0 Å². The predicted octanol–water partition coefficient (Wildman–Crippen LogP) is 5.60. The van der Waals surface area contributed by atoms with Crippen molar-refractivity contribution in [2.75, 3.05) is 0 Å². The van der Waals surface area contributed by atoms with Crippen molar-refractivity contribution in [1.29, 1.82) is 0 Å². The fourth-order valence-electron chi connectivity index (χ4n) is 3.27. The van der Waals surface area contributed by atoms with Crippen LogP contribution >= 0.6 is 0 Å². The summed E-state index contributed by atoms with van der Waals surface area (Å²) in [6.45, 7) is 2.34. The molecule has 3 rings (SSSR count). The summed E-state index contributed by atoms with van der Waals surface area (Å²) >= 11 is 0. The molecule has 1 nitrogen and oxygen atoms in total. The van der Waals surface area contributed by atoms with E-state index < -0.39 is 0 Å². The maximum atomic E-state index is 4.18. The fourth-order valence-corrected chi connectivity index (χ4v) is 3.27. The quantitative estimate of drug-likeness (QED) is 0.577. The number of aromatic nitrogens is 1. The van der Waals surface area contributed by atoms with E-state index in [0.29, 0.717) is 11.8 Å². The monoisotopic (exact) mass is 301 g/mol. The van der Waals surface area contributed by atoms with Crippen molar-refractivity contribution in [3.05, 3.63) is 102 Å². The first-order valence-corrected chi connectivity index (χ1v) is 8.33. The second-order valence-corrected chi connectivity index (χ2v) is 6.11. The summed E-state index contributed by atoms with van der Waals surface area (Å²) in [4.78, 5) is 4.18. The third kappa shape index (κ3) is 4.07. The van der Waals surface area contributed by atoms with Gasteiger partial charge in [-0.15, -0.1) is 0 Å². The predicted molar refractivity (Wildman–Crippen MR) is 96.6 cm³/mol. The van der Waals surface area contributed by atoms with Gasteiger partial charge in [-0.1, -0.05) is 67.6 Å². The molecule has 0 aliphatic carbocycles. The normalized spacial score (nSPS) is 13.4. The maximum Gasteiger partial charge on any atom is 0.0270 e. The van der Waals surface area contributed by atoms with Crippen LogP contribution in [-0.2, 0) is 6.42 Å². The molecule has 0 saturated carbocycles. The zero-order chi connectivity index (χ0) is 15.9. The maximum absolute atomic E-state index is 4.18. The van der Waals surface area contributed by atoms with Crippen LogP contribution in [0.3, 0.4) is 0 Å². The van der Waals surface area contributed by atoms with E-state index in [2.05, 4.69) is 84.7 Å². The number of nitrogens with zero attached hydrogens (tertiary/aromatic N) is 1. The fraction of sp³-hybridized carbons (Fsp3) is 0.227. The Bertz CT molecular complexity index is 692. The molecule has 0 aliphatic rings. The van der Waals surface area contributed by atoms with Gasteiger partial charge in [0.05, 0.1) is 0 Å². The number of benzene rings is 2. The Kier molecular flexibility index (Phi) is 5.21. The van der Waals surface area contributed by atoms with Gasteiger partial charge in [-0.25, -0.2) is 0 Å². The zero-order valence-corrected chi connectivity index (χ0v) is 13.6. The highest BCUT2D eigenvalue weighted by atomic mass is 14.6. The summed E-state index contributed by atoms with van der Waals surface area (Å²) in [5.74, 6) is 0.989. The molecule has 0 aliphatic heterocycles. The number of pyridine rings is 1. The van der Waals surface area contributed by atoms with Crippen LogP contribution in [0.4, 0.5) is 0 Å². The molecule has 0 unspecified atom stereocenters. The summed E-state index contributed by atoms with van der Waals surface area (Å²) in [7, 11) is 0. The van der Waals surface area contributed by atoms with Crippen molar-refractivity contribution < 1.29 is 0 Å². The van der Waals surface area contributed by atoms with Gasteiger partial charge in [0.25, 0.3) is 0 Å². The summed E-state index contributed by atoms with van der Waals surface area (Å²) in [5.41, 5.74) is 4.20. The van der Waals surface area contributed by atoms with Crippen LogP contribution in [0, 0.1) is 0 Å². The second kappa shape index (κ2) is 7.73. The SMILES string of the molecule is C[C@H](c1ccccc1)[C@@H](CCc1ccccc1)c1ccncc1. The molecule has 23 heavy (non-hydrogen) atoms. The van der Waals surface area contributed by atoms with Gasteiger partial charge in [-0.05, 0) is 53.5 Å². The molecule has 0 amide bonds. The lowest BCUT2D eigenvalue weighted by molar-refractivity contribution is 0.535. The summed E-state index contributed by atoms with van der Waals surface area (Å²) in [6, 6.07) is 25.9. The Balaban J connectivity index is 1.82. The standard InChI is InChI=1S/C22H23N/c1-18(20-10-6-3-7-11-20)22(21-14-16-23-17-15-21)13-12-19-8-4-2-5-9-19/h2-11,14-18,22H,12-13H2,1H3/t18-,22-/m1/s1. The Morgan fingerprint density at radius 2 is 1.35 bits per heavy atom. The van der Waals surface area contributed by atoms with E-state index in [1.807, 2.05) is 12.4 Å². The Hall–Kier alpha value is -2.41. The van der Waals surface area contributed by atoms with E-state index in [4.69, 9.17) is 0 Å². The molecular formula is C22H23N. The van der Waals surface area contributed by atoms with Gasteiger partial charge in [0.15, 0.2) is 0 Å². The third-order valence-corrected chi connectivity index (χ3v) is 4.65. The molecule has 0 bridgehead atoms. The van der Waals surface area contributed by atoms with Crippen LogP contribution in [0.15, 0.2) is 85.2 Å². The van der Waals surface area contributed by atoms with Crippen molar-refractivity contribution in [2.24, 2.45) is 0 Å². The molecule has 0 fully saturated rings. The lowest BCUT2D eigenvalue weighted by atomic mass is 9.79. The molecule has 1 aromatic heterocycles. The van der Waals surface area contributed by atoms with E-state index in [0.717, 1.165) is 12.8 Å².